The lowest BCUT2D eigenvalue weighted by Gasteiger charge is -2.20. The number of phosphoric ester groups is 1. The molecule has 8 nitrogen and oxygen atoms in total. The molecular weight excluding hydrogens is 709 g/mol. The molecule has 0 amide bonds. The van der Waals surface area contributed by atoms with Gasteiger partial charge in [0.2, 0.25) is 0 Å². The number of phosphoric acid groups is 1. The van der Waals surface area contributed by atoms with Crippen LogP contribution in [0.4, 0.5) is 0 Å². The molecule has 0 aromatic heterocycles. The Balaban J connectivity index is 3.86. The van der Waals surface area contributed by atoms with E-state index in [1.807, 2.05) is 0 Å². The molecule has 0 rings (SSSR count). The number of rotatable bonds is 46. The van der Waals surface area contributed by atoms with Crippen molar-refractivity contribution in [2.45, 2.75) is 245 Å². The van der Waals surface area contributed by atoms with E-state index in [1.165, 1.54) is 186 Å². The van der Waals surface area contributed by atoms with Crippen LogP contribution in [-0.4, -0.2) is 49.9 Å². The topological polar surface area (TPSA) is 117 Å². The van der Waals surface area contributed by atoms with E-state index in [4.69, 9.17) is 24.3 Å². The van der Waals surface area contributed by atoms with Gasteiger partial charge in [-0.05, 0) is 38.5 Å². The monoisotopic (exact) mass is 802 g/mol. The number of allylic oxidation sites excluding steroid dienone is 2. The molecule has 3 N–H and O–H groups in total. The predicted molar refractivity (Wildman–Crippen MR) is 234 cm³/mol. The van der Waals surface area contributed by atoms with Crippen LogP contribution in [0.15, 0.2) is 12.2 Å². The van der Waals surface area contributed by atoms with Crippen molar-refractivity contribution in [3.05, 3.63) is 12.2 Å². The zero-order valence-electron chi connectivity index (χ0n) is 36.4. The fourth-order valence-electron chi connectivity index (χ4n) is 6.93. The van der Waals surface area contributed by atoms with E-state index in [2.05, 4.69) is 26.0 Å². The fraction of sp³-hybridized carbons (Fsp3) is 0.935. The van der Waals surface area contributed by atoms with E-state index >= 15 is 0 Å². The molecule has 0 aromatic carbocycles. The molecule has 2 unspecified atom stereocenters. The average molecular weight is 802 g/mol. The molecule has 0 aromatic rings. The number of esters is 1. The molecule has 0 radical (unpaired) electrons. The molecule has 0 fully saturated rings. The van der Waals surface area contributed by atoms with Crippen LogP contribution < -0.4 is 5.73 Å². The summed E-state index contributed by atoms with van der Waals surface area (Å²) in [6.45, 7) is 4.96. The third-order valence-corrected chi connectivity index (χ3v) is 11.4. The second-order valence-corrected chi connectivity index (χ2v) is 17.4. The molecule has 0 spiro atoms. The Bertz CT molecular complexity index is 858. The molecule has 2 atom stereocenters. The van der Waals surface area contributed by atoms with Gasteiger partial charge in [-0.2, -0.15) is 0 Å². The summed E-state index contributed by atoms with van der Waals surface area (Å²) >= 11 is 0. The summed E-state index contributed by atoms with van der Waals surface area (Å²) < 4.78 is 33.5. The van der Waals surface area contributed by atoms with E-state index in [9.17, 15) is 14.3 Å². The quantitative estimate of drug-likeness (QED) is 0.0270. The van der Waals surface area contributed by atoms with Crippen molar-refractivity contribution in [1.82, 2.24) is 0 Å². The summed E-state index contributed by atoms with van der Waals surface area (Å²) in [4.78, 5) is 22.5. The van der Waals surface area contributed by atoms with Gasteiger partial charge in [-0.3, -0.25) is 13.8 Å². The van der Waals surface area contributed by atoms with E-state index < -0.39 is 13.9 Å². The largest absolute Gasteiger partial charge is 0.472 e. The molecule has 0 saturated carbocycles. The SMILES string of the molecule is CCCCCCCCCC/C=C\CCCCCCCCCCCCCCOCC(COP(=O)(O)OCCN)OC(=O)CCCCCCCCCCCCCC. The van der Waals surface area contributed by atoms with Crippen molar-refractivity contribution in [3.8, 4) is 0 Å². The average Bonchev–Trinajstić information content (AvgIpc) is 3.17. The third kappa shape index (κ3) is 44.2. The van der Waals surface area contributed by atoms with Crippen molar-refractivity contribution in [2.75, 3.05) is 33.0 Å². The van der Waals surface area contributed by atoms with Crippen LogP contribution >= 0.6 is 7.82 Å². The second-order valence-electron chi connectivity index (χ2n) is 16.0. The first-order valence-electron chi connectivity index (χ1n) is 23.7. The van der Waals surface area contributed by atoms with Crippen LogP contribution in [0.5, 0.6) is 0 Å². The van der Waals surface area contributed by atoms with Gasteiger partial charge in [0.25, 0.3) is 0 Å². The number of carbonyl (C=O) groups excluding carboxylic acids is 1. The Hall–Kier alpha value is -0.760. The van der Waals surface area contributed by atoms with Crippen molar-refractivity contribution in [3.63, 3.8) is 0 Å². The van der Waals surface area contributed by atoms with E-state index in [-0.39, 0.29) is 32.3 Å². The molecule has 0 aliphatic heterocycles. The summed E-state index contributed by atoms with van der Waals surface area (Å²) in [7, 11) is -4.27. The summed E-state index contributed by atoms with van der Waals surface area (Å²) in [6, 6.07) is 0. The maximum atomic E-state index is 12.6. The van der Waals surface area contributed by atoms with Gasteiger partial charge in [0, 0.05) is 19.6 Å². The van der Waals surface area contributed by atoms with Crippen LogP contribution in [-0.2, 0) is 27.9 Å². The molecule has 0 aliphatic rings. The molecule has 0 aliphatic carbocycles. The van der Waals surface area contributed by atoms with Gasteiger partial charge in [-0.1, -0.05) is 206 Å². The molecule has 9 heteroatoms. The van der Waals surface area contributed by atoms with Gasteiger partial charge in [-0.25, -0.2) is 4.57 Å². The smallest absolute Gasteiger partial charge is 0.457 e. The van der Waals surface area contributed by atoms with Gasteiger partial charge in [0.1, 0.15) is 6.10 Å². The molecular formula is C46H92NO7P. The lowest BCUT2D eigenvalue weighted by molar-refractivity contribution is -0.154. The van der Waals surface area contributed by atoms with E-state index in [0.29, 0.717) is 13.0 Å². The first kappa shape index (κ1) is 54.2. The number of carbonyl (C=O) groups is 1. The van der Waals surface area contributed by atoms with Crippen LogP contribution in [0.25, 0.3) is 0 Å². The summed E-state index contributed by atoms with van der Waals surface area (Å²) in [5.74, 6) is -0.327. The highest BCUT2D eigenvalue weighted by atomic mass is 31.2. The van der Waals surface area contributed by atoms with Crippen molar-refractivity contribution in [2.24, 2.45) is 5.73 Å². The van der Waals surface area contributed by atoms with Crippen molar-refractivity contribution in [1.29, 1.82) is 0 Å². The van der Waals surface area contributed by atoms with Gasteiger partial charge < -0.3 is 20.1 Å². The van der Waals surface area contributed by atoms with Gasteiger partial charge in [0.15, 0.2) is 0 Å². The highest BCUT2D eigenvalue weighted by Gasteiger charge is 2.25. The van der Waals surface area contributed by atoms with E-state index in [1.54, 1.807) is 0 Å². The van der Waals surface area contributed by atoms with Crippen molar-refractivity contribution < 1.29 is 32.8 Å². The normalized spacial score (nSPS) is 13.5. The fourth-order valence-corrected chi connectivity index (χ4v) is 7.70. The minimum Gasteiger partial charge on any atom is -0.457 e. The Morgan fingerprint density at radius 3 is 1.33 bits per heavy atom. The minimum absolute atomic E-state index is 0.0918. The first-order chi connectivity index (χ1) is 26.9. The van der Waals surface area contributed by atoms with Crippen molar-refractivity contribution >= 4 is 13.8 Å². The molecule has 0 saturated heterocycles. The Morgan fingerprint density at radius 2 is 0.909 bits per heavy atom. The number of nitrogens with two attached hydrogens (primary N) is 1. The number of hydrogen-bond donors (Lipinski definition) is 2. The van der Waals surface area contributed by atoms with Gasteiger partial charge in [-0.15, -0.1) is 0 Å². The van der Waals surface area contributed by atoms with Gasteiger partial charge >= 0.3 is 13.8 Å². The van der Waals surface area contributed by atoms with Crippen LogP contribution in [0, 0.1) is 0 Å². The highest BCUT2D eigenvalue weighted by Crippen LogP contribution is 2.43. The predicted octanol–water partition coefficient (Wildman–Crippen LogP) is 14.3. The number of hydrogen-bond acceptors (Lipinski definition) is 7. The van der Waals surface area contributed by atoms with Crippen LogP contribution in [0.3, 0.4) is 0 Å². The molecule has 0 heterocycles. The Morgan fingerprint density at radius 1 is 0.527 bits per heavy atom. The van der Waals surface area contributed by atoms with Crippen LogP contribution in [0.2, 0.25) is 0 Å². The Kier molecular flexibility index (Phi) is 43.7. The van der Waals surface area contributed by atoms with Gasteiger partial charge in [0.05, 0.1) is 19.8 Å². The zero-order chi connectivity index (χ0) is 40.2. The highest BCUT2D eigenvalue weighted by molar-refractivity contribution is 7.47. The zero-order valence-corrected chi connectivity index (χ0v) is 37.3. The maximum absolute atomic E-state index is 12.6. The minimum atomic E-state index is -4.27. The lowest BCUT2D eigenvalue weighted by atomic mass is 10.0. The standard InChI is InChI=1S/C46H92NO7P/c1-3-5-7-9-11-13-15-17-18-19-20-21-22-23-24-25-26-27-28-30-32-34-36-38-41-51-43-45(44-53-55(49,50)52-42-40-47)54-46(48)39-37-35-33-31-29-16-14-12-10-8-6-4-2/h19-20,45H,3-18,21-44,47H2,1-2H3,(H,49,50)/b20-19-. The van der Waals surface area contributed by atoms with Crippen LogP contribution in [0.1, 0.15) is 239 Å². The molecule has 55 heavy (non-hydrogen) atoms. The first-order valence-corrected chi connectivity index (χ1v) is 25.2. The maximum Gasteiger partial charge on any atom is 0.472 e. The third-order valence-electron chi connectivity index (χ3n) is 10.4. The summed E-state index contributed by atoms with van der Waals surface area (Å²) in [5.41, 5.74) is 5.37. The lowest BCUT2D eigenvalue weighted by Crippen LogP contribution is -2.28. The van der Waals surface area contributed by atoms with E-state index in [0.717, 1.165) is 32.1 Å². The Labute approximate surface area is 341 Å². The molecule has 0 bridgehead atoms. The summed E-state index contributed by atoms with van der Waals surface area (Å²) in [6.07, 6.45) is 48.1. The number of unbranched alkanes of at least 4 members (excludes halogenated alkanes) is 31. The molecule has 328 valence electrons. The second kappa shape index (κ2) is 44.3. The number of ether oxygens (including phenoxy) is 2. The summed E-state index contributed by atoms with van der Waals surface area (Å²) in [5, 5.41) is 0.